The fraction of sp³-hybridized carbons (Fsp3) is 0.939. The SMILES string of the molecule is CCCCCCCCCCCCCC/C=C/[C@@H](O)[C@H](CO[C@@H]1O[C@H](CO)[C@@H](O[C@@H]2O[C@H](CO)[C@H](O)C(O)C2O)C(O)C1O)NC(=O)CCCCCCCCCCCCCCCCC. The Morgan fingerprint density at radius 3 is 1.46 bits per heavy atom. The number of unbranched alkanes of at least 4 members (excludes halogenated alkanes) is 26. The summed E-state index contributed by atoms with van der Waals surface area (Å²) < 4.78 is 22.7. The van der Waals surface area contributed by atoms with Crippen molar-refractivity contribution in [1.82, 2.24) is 5.32 Å². The highest BCUT2D eigenvalue weighted by Crippen LogP contribution is 2.30. The smallest absolute Gasteiger partial charge is 0.220 e. The van der Waals surface area contributed by atoms with E-state index in [0.717, 1.165) is 38.5 Å². The molecule has 14 nitrogen and oxygen atoms in total. The van der Waals surface area contributed by atoms with Crippen LogP contribution in [0.25, 0.3) is 0 Å². The molecule has 12 atom stereocenters. The Labute approximate surface area is 380 Å². The standard InChI is InChI=1S/C49H93NO13/c1-3-5-7-9-11-13-15-17-19-21-23-25-27-29-31-33-41(54)50-37(38(53)32-30-28-26-24-22-20-18-16-14-12-10-8-6-4-2)36-60-48-46(59)44(57)47(40(35-52)62-48)63-49-45(58)43(56)42(55)39(34-51)61-49/h30,32,37-40,42-49,51-53,55-59H,3-29,31,33-36H2,1-2H3,(H,50,54)/b32-30+/t37-,38+,39+,40+,42-,43?,44?,45?,46?,47+,48+,49-/m0/s1. The Balaban J connectivity index is 1.86. The van der Waals surface area contributed by atoms with E-state index in [-0.39, 0.29) is 18.9 Å². The zero-order valence-electron chi connectivity index (χ0n) is 39.3. The number of carbonyl (C=O) groups is 1. The highest BCUT2D eigenvalue weighted by molar-refractivity contribution is 5.76. The molecule has 9 N–H and O–H groups in total. The van der Waals surface area contributed by atoms with Crippen molar-refractivity contribution in [1.29, 1.82) is 0 Å². The third-order valence-corrected chi connectivity index (χ3v) is 12.7. The molecule has 0 radical (unpaired) electrons. The molecule has 2 heterocycles. The monoisotopic (exact) mass is 904 g/mol. The Morgan fingerprint density at radius 1 is 0.556 bits per heavy atom. The molecule has 0 aromatic carbocycles. The average Bonchev–Trinajstić information content (AvgIpc) is 3.28. The van der Waals surface area contributed by atoms with Crippen LogP contribution in [0, 0.1) is 0 Å². The fourth-order valence-corrected chi connectivity index (χ4v) is 8.53. The van der Waals surface area contributed by atoms with Gasteiger partial charge in [0.15, 0.2) is 12.6 Å². The molecule has 2 saturated heterocycles. The lowest BCUT2D eigenvalue weighted by atomic mass is 9.97. The molecule has 0 saturated carbocycles. The van der Waals surface area contributed by atoms with Gasteiger partial charge in [-0.25, -0.2) is 0 Å². The second kappa shape index (κ2) is 36.8. The van der Waals surface area contributed by atoms with Crippen LogP contribution < -0.4 is 5.32 Å². The Morgan fingerprint density at radius 2 is 0.984 bits per heavy atom. The van der Waals surface area contributed by atoms with E-state index < -0.39 is 86.8 Å². The summed E-state index contributed by atoms with van der Waals surface area (Å²) in [6, 6.07) is -0.907. The number of ether oxygens (including phenoxy) is 4. The topological polar surface area (TPSA) is 228 Å². The van der Waals surface area contributed by atoms with E-state index in [9.17, 15) is 45.6 Å². The van der Waals surface area contributed by atoms with E-state index in [2.05, 4.69) is 19.2 Å². The molecule has 63 heavy (non-hydrogen) atoms. The zero-order chi connectivity index (χ0) is 46.1. The van der Waals surface area contributed by atoms with E-state index >= 15 is 0 Å². The summed E-state index contributed by atoms with van der Waals surface area (Å²) in [5.74, 6) is -0.238. The highest BCUT2D eigenvalue weighted by atomic mass is 16.7. The van der Waals surface area contributed by atoms with Gasteiger partial charge in [0, 0.05) is 6.42 Å². The maximum atomic E-state index is 13.2. The number of carbonyl (C=O) groups excluding carboxylic acids is 1. The van der Waals surface area contributed by atoms with Crippen LogP contribution in [0.5, 0.6) is 0 Å². The highest BCUT2D eigenvalue weighted by Gasteiger charge is 2.51. The third kappa shape index (κ3) is 24.4. The van der Waals surface area contributed by atoms with Crippen LogP contribution in [0.4, 0.5) is 0 Å². The first-order chi connectivity index (χ1) is 30.6. The van der Waals surface area contributed by atoms with Gasteiger partial charge in [-0.1, -0.05) is 187 Å². The van der Waals surface area contributed by atoms with Crippen molar-refractivity contribution in [2.45, 2.75) is 274 Å². The van der Waals surface area contributed by atoms with Crippen LogP contribution in [0.1, 0.15) is 200 Å². The molecule has 0 aliphatic carbocycles. The second-order valence-electron chi connectivity index (χ2n) is 18.3. The molecule has 2 aliphatic heterocycles. The van der Waals surface area contributed by atoms with Gasteiger partial charge in [0.25, 0.3) is 0 Å². The maximum absolute atomic E-state index is 13.2. The molecule has 14 heteroatoms. The van der Waals surface area contributed by atoms with Crippen LogP contribution in [-0.2, 0) is 23.7 Å². The molecule has 2 rings (SSSR count). The molecule has 0 aromatic rings. The summed E-state index contributed by atoms with van der Waals surface area (Å²) in [7, 11) is 0. The molecular weight excluding hydrogens is 811 g/mol. The number of rotatable bonds is 39. The van der Waals surface area contributed by atoms with Crippen LogP contribution in [0.15, 0.2) is 12.2 Å². The van der Waals surface area contributed by atoms with Crippen molar-refractivity contribution in [2.75, 3.05) is 19.8 Å². The van der Waals surface area contributed by atoms with Crippen molar-refractivity contribution in [3.05, 3.63) is 12.2 Å². The number of hydrogen-bond acceptors (Lipinski definition) is 13. The lowest BCUT2D eigenvalue weighted by Gasteiger charge is -2.46. The molecule has 0 aromatic heterocycles. The molecule has 2 fully saturated rings. The lowest BCUT2D eigenvalue weighted by Crippen LogP contribution is -2.65. The predicted molar refractivity (Wildman–Crippen MR) is 245 cm³/mol. The summed E-state index contributed by atoms with van der Waals surface area (Å²) in [6.07, 6.45) is 21.0. The van der Waals surface area contributed by atoms with Gasteiger partial charge < -0.3 is 65.1 Å². The van der Waals surface area contributed by atoms with Gasteiger partial charge in [-0.15, -0.1) is 0 Å². The first-order valence-corrected chi connectivity index (χ1v) is 25.4. The number of nitrogens with one attached hydrogen (secondary N) is 1. The maximum Gasteiger partial charge on any atom is 0.220 e. The van der Waals surface area contributed by atoms with E-state index in [1.54, 1.807) is 6.08 Å². The molecular formula is C49H93NO13. The van der Waals surface area contributed by atoms with Crippen molar-refractivity contribution >= 4 is 5.91 Å². The number of aliphatic hydroxyl groups excluding tert-OH is 8. The first-order valence-electron chi connectivity index (χ1n) is 25.4. The van der Waals surface area contributed by atoms with E-state index in [1.165, 1.54) is 135 Å². The molecule has 1 amide bonds. The first kappa shape index (κ1) is 57.9. The molecule has 372 valence electrons. The molecule has 2 aliphatic rings. The van der Waals surface area contributed by atoms with Crippen molar-refractivity contribution < 1.29 is 64.6 Å². The van der Waals surface area contributed by atoms with Crippen molar-refractivity contribution in [2.24, 2.45) is 0 Å². The number of aliphatic hydroxyl groups is 8. The zero-order valence-corrected chi connectivity index (χ0v) is 39.3. The van der Waals surface area contributed by atoms with Gasteiger partial charge in [0.1, 0.15) is 48.8 Å². The molecule has 0 bridgehead atoms. The molecule has 0 spiro atoms. The molecule has 4 unspecified atom stereocenters. The third-order valence-electron chi connectivity index (χ3n) is 12.7. The van der Waals surface area contributed by atoms with Gasteiger partial charge in [-0.2, -0.15) is 0 Å². The summed E-state index contributed by atoms with van der Waals surface area (Å²) in [5.41, 5.74) is 0. The average molecular weight is 904 g/mol. The minimum atomic E-state index is -1.78. The van der Waals surface area contributed by atoms with Crippen LogP contribution in [0.3, 0.4) is 0 Å². The van der Waals surface area contributed by atoms with Gasteiger partial charge >= 0.3 is 0 Å². The Bertz CT molecular complexity index is 1120. The summed E-state index contributed by atoms with van der Waals surface area (Å²) in [4.78, 5) is 13.2. The second-order valence-corrected chi connectivity index (χ2v) is 18.3. The van der Waals surface area contributed by atoms with Crippen molar-refractivity contribution in [3.8, 4) is 0 Å². The number of allylic oxidation sites excluding steroid dienone is 1. The number of hydrogen-bond donors (Lipinski definition) is 9. The lowest BCUT2D eigenvalue weighted by molar-refractivity contribution is -0.359. The largest absolute Gasteiger partial charge is 0.394 e. The predicted octanol–water partition coefficient (Wildman–Crippen LogP) is 6.38. The van der Waals surface area contributed by atoms with Crippen LogP contribution in [-0.4, -0.2) is 140 Å². The van der Waals surface area contributed by atoms with Gasteiger partial charge in [0.2, 0.25) is 5.91 Å². The number of amides is 1. The van der Waals surface area contributed by atoms with Gasteiger partial charge in [-0.3, -0.25) is 4.79 Å². The summed E-state index contributed by atoms with van der Waals surface area (Å²) in [5, 5.41) is 86.7. The van der Waals surface area contributed by atoms with E-state index in [4.69, 9.17) is 18.9 Å². The van der Waals surface area contributed by atoms with E-state index in [1.807, 2.05) is 6.08 Å². The quantitative estimate of drug-likeness (QED) is 0.0241. The summed E-state index contributed by atoms with van der Waals surface area (Å²) in [6.45, 7) is 2.79. The fourth-order valence-electron chi connectivity index (χ4n) is 8.53. The Kier molecular flexibility index (Phi) is 33.8. The Hall–Kier alpha value is -1.27. The minimum absolute atomic E-state index is 0.238. The van der Waals surface area contributed by atoms with Gasteiger partial charge in [-0.05, 0) is 19.3 Å². The van der Waals surface area contributed by atoms with E-state index in [0.29, 0.717) is 6.42 Å². The van der Waals surface area contributed by atoms with Crippen molar-refractivity contribution in [3.63, 3.8) is 0 Å². The normalized spacial score (nSPS) is 27.5. The minimum Gasteiger partial charge on any atom is -0.394 e. The van der Waals surface area contributed by atoms with Crippen LogP contribution >= 0.6 is 0 Å². The van der Waals surface area contributed by atoms with Gasteiger partial charge in [0.05, 0.1) is 32.0 Å². The summed E-state index contributed by atoms with van der Waals surface area (Å²) >= 11 is 0. The van der Waals surface area contributed by atoms with Crippen LogP contribution in [0.2, 0.25) is 0 Å².